The highest BCUT2D eigenvalue weighted by molar-refractivity contribution is 5.46. The van der Waals surface area contributed by atoms with Crippen molar-refractivity contribution >= 4 is 11.5 Å². The van der Waals surface area contributed by atoms with Gasteiger partial charge in [-0.2, -0.15) is 4.52 Å². The topological polar surface area (TPSA) is 75.3 Å². The summed E-state index contributed by atoms with van der Waals surface area (Å²) in [5, 5.41) is 13.7. The third kappa shape index (κ3) is 3.44. The van der Waals surface area contributed by atoms with Crippen LogP contribution in [-0.4, -0.2) is 60.9 Å². The summed E-state index contributed by atoms with van der Waals surface area (Å²) in [7, 11) is 0. The molecule has 2 fully saturated rings. The monoisotopic (exact) mass is 378 g/mol. The molecule has 5 rings (SSSR count). The van der Waals surface area contributed by atoms with Crippen LogP contribution in [0.5, 0.6) is 0 Å². The number of aryl methyl sites for hydroxylation is 1. The second-order valence-electron chi connectivity index (χ2n) is 7.91. The lowest BCUT2D eigenvalue weighted by Gasteiger charge is -2.30. The molecule has 2 aliphatic rings. The van der Waals surface area contributed by atoms with Gasteiger partial charge in [0.25, 0.3) is 0 Å². The van der Waals surface area contributed by atoms with Crippen molar-refractivity contribution in [3.63, 3.8) is 0 Å². The molecule has 0 radical (unpaired) electrons. The first-order valence-electron chi connectivity index (χ1n) is 10.2. The lowest BCUT2D eigenvalue weighted by Crippen LogP contribution is -2.33. The zero-order chi connectivity index (χ0) is 18.9. The molecule has 8 nitrogen and oxygen atoms in total. The summed E-state index contributed by atoms with van der Waals surface area (Å²) in [4.78, 5) is 13.6. The molecular weight excluding hydrogens is 352 g/mol. The number of hydrogen-bond donors (Lipinski definition) is 0. The summed E-state index contributed by atoms with van der Waals surface area (Å²) in [6.07, 6.45) is 8.36. The van der Waals surface area contributed by atoms with Gasteiger partial charge in [0, 0.05) is 37.9 Å². The van der Waals surface area contributed by atoms with E-state index in [1.807, 2.05) is 29.9 Å². The standard InChI is InChI=1S/C20H26N8/c1-15-12-22-17(13-21-15)14-26-10-6-16(7-11-26)20-24-23-18-4-5-19(25-28(18)20)27-8-2-3-9-27/h4-5,12-13,16H,2-3,6-11,14H2,1H3. The SMILES string of the molecule is Cc1cnc(CN2CCC(c3nnc4ccc(N5CCCC5)nn34)CC2)cn1. The summed E-state index contributed by atoms with van der Waals surface area (Å²) in [5.41, 5.74) is 2.84. The van der Waals surface area contributed by atoms with E-state index in [2.05, 4.69) is 36.0 Å². The summed E-state index contributed by atoms with van der Waals surface area (Å²) in [5.74, 6) is 2.45. The fourth-order valence-corrected chi connectivity index (χ4v) is 4.24. The predicted octanol–water partition coefficient (Wildman–Crippen LogP) is 2.20. The molecule has 3 aromatic heterocycles. The normalized spacial score (nSPS) is 19.0. The molecule has 5 heterocycles. The smallest absolute Gasteiger partial charge is 0.178 e. The largest absolute Gasteiger partial charge is 0.355 e. The summed E-state index contributed by atoms with van der Waals surface area (Å²) < 4.78 is 1.97. The fraction of sp³-hybridized carbons (Fsp3) is 0.550. The van der Waals surface area contributed by atoms with E-state index in [0.29, 0.717) is 5.92 Å². The quantitative estimate of drug-likeness (QED) is 0.689. The average molecular weight is 378 g/mol. The Bertz CT molecular complexity index is 936. The Labute approximate surface area is 164 Å². The van der Waals surface area contributed by atoms with Crippen LogP contribution in [0.4, 0.5) is 5.82 Å². The maximum absolute atomic E-state index is 4.87. The van der Waals surface area contributed by atoms with Gasteiger partial charge in [0.05, 0.1) is 11.4 Å². The van der Waals surface area contributed by atoms with Gasteiger partial charge >= 0.3 is 0 Å². The molecule has 8 heteroatoms. The van der Waals surface area contributed by atoms with Gasteiger partial charge in [-0.1, -0.05) is 0 Å². The van der Waals surface area contributed by atoms with Crippen molar-refractivity contribution in [2.45, 2.75) is 45.1 Å². The number of nitrogens with zero attached hydrogens (tertiary/aromatic N) is 8. The van der Waals surface area contributed by atoms with E-state index in [9.17, 15) is 0 Å². The van der Waals surface area contributed by atoms with Crippen molar-refractivity contribution in [1.82, 2.24) is 34.7 Å². The fourth-order valence-electron chi connectivity index (χ4n) is 4.24. The minimum Gasteiger partial charge on any atom is -0.355 e. The van der Waals surface area contributed by atoms with Crippen molar-refractivity contribution < 1.29 is 0 Å². The van der Waals surface area contributed by atoms with E-state index in [1.165, 1.54) is 12.8 Å². The zero-order valence-corrected chi connectivity index (χ0v) is 16.3. The molecular formula is C20H26N8. The molecule has 0 bridgehead atoms. The number of likely N-dealkylation sites (tertiary alicyclic amines) is 1. The third-order valence-corrected chi connectivity index (χ3v) is 5.88. The van der Waals surface area contributed by atoms with Crippen LogP contribution in [0.1, 0.15) is 48.8 Å². The van der Waals surface area contributed by atoms with Crippen molar-refractivity contribution in [2.75, 3.05) is 31.1 Å². The molecule has 0 N–H and O–H groups in total. The van der Waals surface area contributed by atoms with Crippen LogP contribution in [-0.2, 0) is 6.54 Å². The number of hydrogen-bond acceptors (Lipinski definition) is 7. The Morgan fingerprint density at radius 1 is 0.964 bits per heavy atom. The van der Waals surface area contributed by atoms with E-state index >= 15 is 0 Å². The number of fused-ring (bicyclic) bond motifs is 1. The van der Waals surface area contributed by atoms with Gasteiger partial charge in [-0.3, -0.25) is 14.9 Å². The first-order valence-corrected chi connectivity index (χ1v) is 10.2. The number of rotatable bonds is 4. The van der Waals surface area contributed by atoms with Gasteiger partial charge in [0.15, 0.2) is 11.5 Å². The Morgan fingerprint density at radius 3 is 2.54 bits per heavy atom. The van der Waals surface area contributed by atoms with Crippen molar-refractivity contribution in [3.05, 3.63) is 41.7 Å². The molecule has 146 valence electrons. The molecule has 0 saturated carbocycles. The van der Waals surface area contributed by atoms with E-state index < -0.39 is 0 Å². The van der Waals surface area contributed by atoms with Gasteiger partial charge < -0.3 is 4.90 Å². The molecule has 2 aliphatic heterocycles. The molecule has 0 atom stereocenters. The van der Waals surface area contributed by atoms with Crippen LogP contribution in [0, 0.1) is 6.92 Å². The van der Waals surface area contributed by atoms with E-state index in [4.69, 9.17) is 5.10 Å². The van der Waals surface area contributed by atoms with Crippen molar-refractivity contribution in [1.29, 1.82) is 0 Å². The molecule has 0 spiro atoms. The summed E-state index contributed by atoms with van der Waals surface area (Å²) >= 11 is 0. The number of anilines is 1. The number of aromatic nitrogens is 6. The molecule has 0 unspecified atom stereocenters. The maximum atomic E-state index is 4.87. The van der Waals surface area contributed by atoms with Crippen molar-refractivity contribution in [3.8, 4) is 0 Å². The Hall–Kier alpha value is -2.61. The minimum absolute atomic E-state index is 0.400. The molecule has 2 saturated heterocycles. The van der Waals surface area contributed by atoms with Crippen LogP contribution < -0.4 is 4.90 Å². The molecule has 0 amide bonds. The molecule has 0 aliphatic carbocycles. The average Bonchev–Trinajstić information content (AvgIpc) is 3.40. The van der Waals surface area contributed by atoms with Gasteiger partial charge in [0.2, 0.25) is 0 Å². The van der Waals surface area contributed by atoms with Crippen LogP contribution in [0.25, 0.3) is 5.65 Å². The highest BCUT2D eigenvalue weighted by atomic mass is 15.4. The van der Waals surface area contributed by atoms with E-state index in [0.717, 1.165) is 74.2 Å². The van der Waals surface area contributed by atoms with Crippen molar-refractivity contribution in [2.24, 2.45) is 0 Å². The Kier molecular flexibility index (Phi) is 4.64. The summed E-state index contributed by atoms with van der Waals surface area (Å²) in [6, 6.07) is 4.12. The lowest BCUT2D eigenvalue weighted by molar-refractivity contribution is 0.198. The highest BCUT2D eigenvalue weighted by Gasteiger charge is 2.26. The van der Waals surface area contributed by atoms with E-state index in [-0.39, 0.29) is 0 Å². The lowest BCUT2D eigenvalue weighted by atomic mass is 9.96. The second kappa shape index (κ2) is 7.43. The maximum Gasteiger partial charge on any atom is 0.178 e. The van der Waals surface area contributed by atoms with Crippen LogP contribution in [0.2, 0.25) is 0 Å². The minimum atomic E-state index is 0.400. The van der Waals surface area contributed by atoms with Crippen LogP contribution >= 0.6 is 0 Å². The predicted molar refractivity (Wildman–Crippen MR) is 106 cm³/mol. The Morgan fingerprint density at radius 2 is 1.79 bits per heavy atom. The molecule has 28 heavy (non-hydrogen) atoms. The van der Waals surface area contributed by atoms with Crippen LogP contribution in [0.3, 0.4) is 0 Å². The van der Waals surface area contributed by atoms with Gasteiger partial charge in [0.1, 0.15) is 5.82 Å². The second-order valence-corrected chi connectivity index (χ2v) is 7.91. The van der Waals surface area contributed by atoms with Crippen LogP contribution in [0.15, 0.2) is 24.5 Å². The third-order valence-electron chi connectivity index (χ3n) is 5.88. The van der Waals surface area contributed by atoms with E-state index in [1.54, 1.807) is 0 Å². The zero-order valence-electron chi connectivity index (χ0n) is 16.3. The summed E-state index contributed by atoms with van der Waals surface area (Å²) in [6.45, 7) is 7.07. The Balaban J connectivity index is 1.28. The highest BCUT2D eigenvalue weighted by Crippen LogP contribution is 2.28. The first-order chi connectivity index (χ1) is 13.8. The van der Waals surface area contributed by atoms with Gasteiger partial charge in [-0.15, -0.1) is 15.3 Å². The molecule has 3 aromatic rings. The van der Waals surface area contributed by atoms with Gasteiger partial charge in [-0.25, -0.2) is 0 Å². The number of piperidine rings is 1. The van der Waals surface area contributed by atoms with Gasteiger partial charge in [-0.05, 0) is 57.8 Å². The first kappa shape index (κ1) is 17.5. The molecule has 0 aromatic carbocycles.